The van der Waals surface area contributed by atoms with Gasteiger partial charge in [0.25, 0.3) is 0 Å². The van der Waals surface area contributed by atoms with Crippen molar-refractivity contribution in [2.45, 2.75) is 13.1 Å². The van der Waals surface area contributed by atoms with Crippen LogP contribution < -0.4 is 15.4 Å². The summed E-state index contributed by atoms with van der Waals surface area (Å²) >= 11 is 0. The van der Waals surface area contributed by atoms with E-state index >= 15 is 0 Å². The number of amides is 2. The Balaban J connectivity index is 2.33. The Hall–Kier alpha value is -3.56. The van der Waals surface area contributed by atoms with Crippen molar-refractivity contribution in [3.63, 3.8) is 0 Å². The number of hydrogen-bond donors (Lipinski definition) is 3. The van der Waals surface area contributed by atoms with Crippen molar-refractivity contribution in [3.8, 4) is 5.75 Å². The zero-order valence-corrected chi connectivity index (χ0v) is 15.2. The van der Waals surface area contributed by atoms with Crippen molar-refractivity contribution in [2.24, 2.45) is 0 Å². The van der Waals surface area contributed by atoms with E-state index in [1.807, 2.05) is 0 Å². The molecule has 0 bridgehead atoms. The van der Waals surface area contributed by atoms with Gasteiger partial charge >= 0.3 is 18.2 Å². The largest absolute Gasteiger partial charge is 0.495 e. The molecule has 0 aliphatic rings. The predicted octanol–water partition coefficient (Wildman–Crippen LogP) is 4.99. The van der Waals surface area contributed by atoms with Gasteiger partial charge in [-0.1, -0.05) is 12.1 Å². The lowest BCUT2D eigenvalue weighted by Crippen LogP contribution is -2.21. The number of hydrogen-bond acceptors (Lipinski definition) is 3. The smallest absolute Gasteiger partial charge is 0.416 e. The average molecular weight is 412 g/mol. The van der Waals surface area contributed by atoms with Gasteiger partial charge in [0.15, 0.2) is 0 Å². The van der Waals surface area contributed by atoms with Crippen LogP contribution in [0.2, 0.25) is 0 Å². The summed E-state index contributed by atoms with van der Waals surface area (Å²) in [6, 6.07) is 5.17. The van der Waals surface area contributed by atoms with Gasteiger partial charge in [0.2, 0.25) is 0 Å². The van der Waals surface area contributed by atoms with Crippen LogP contribution in [0.3, 0.4) is 0 Å². The van der Waals surface area contributed by atoms with Gasteiger partial charge < -0.3 is 20.5 Å². The van der Waals surface area contributed by atoms with Crippen LogP contribution in [0.1, 0.15) is 18.1 Å². The highest BCUT2D eigenvalue weighted by atomic mass is 19.4. The summed E-state index contributed by atoms with van der Waals surface area (Å²) in [7, 11) is 1.21. The Morgan fingerprint density at radius 3 is 2.41 bits per heavy atom. The number of alkyl halides is 3. The molecule has 2 rings (SSSR count). The number of carbonyl (C=O) groups excluding carboxylic acids is 1. The Morgan fingerprint density at radius 2 is 1.83 bits per heavy atom. The molecular formula is C19H16F4N2O4. The molecule has 2 aromatic rings. The monoisotopic (exact) mass is 412 g/mol. The van der Waals surface area contributed by atoms with Crippen molar-refractivity contribution in [2.75, 3.05) is 17.7 Å². The summed E-state index contributed by atoms with van der Waals surface area (Å²) < 4.78 is 57.8. The summed E-state index contributed by atoms with van der Waals surface area (Å²) in [5.74, 6) is -2.13. The number of anilines is 2. The topological polar surface area (TPSA) is 87.7 Å². The van der Waals surface area contributed by atoms with Crippen molar-refractivity contribution in [1.82, 2.24) is 0 Å². The van der Waals surface area contributed by atoms with Crippen molar-refractivity contribution in [3.05, 3.63) is 58.9 Å². The number of nitrogens with one attached hydrogen (secondary N) is 2. The molecule has 29 heavy (non-hydrogen) atoms. The van der Waals surface area contributed by atoms with E-state index < -0.39 is 29.6 Å². The van der Waals surface area contributed by atoms with E-state index in [1.165, 1.54) is 26.2 Å². The van der Waals surface area contributed by atoms with Gasteiger partial charge in [0.1, 0.15) is 11.6 Å². The van der Waals surface area contributed by atoms with Crippen LogP contribution in [0.5, 0.6) is 5.75 Å². The first-order valence-electron chi connectivity index (χ1n) is 8.06. The van der Waals surface area contributed by atoms with Crippen LogP contribution >= 0.6 is 0 Å². The third-order valence-corrected chi connectivity index (χ3v) is 3.77. The molecule has 0 saturated carbocycles. The SMILES string of the molecule is COc1ccc(C(F)(F)F)cc1NC(=O)Nc1c(F)cccc1/C=C(\C)C(=O)O. The van der Waals surface area contributed by atoms with Crippen molar-refractivity contribution >= 4 is 29.5 Å². The molecule has 0 aliphatic carbocycles. The molecule has 154 valence electrons. The maximum absolute atomic E-state index is 14.2. The maximum Gasteiger partial charge on any atom is 0.416 e. The molecule has 0 aliphatic heterocycles. The Morgan fingerprint density at radius 1 is 1.14 bits per heavy atom. The summed E-state index contributed by atoms with van der Waals surface area (Å²) in [6.07, 6.45) is -3.50. The van der Waals surface area contributed by atoms with Crippen LogP contribution in [-0.2, 0) is 11.0 Å². The minimum absolute atomic E-state index is 0.0384. The van der Waals surface area contributed by atoms with Crippen LogP contribution in [0, 0.1) is 5.82 Å². The number of para-hydroxylation sites is 1. The van der Waals surface area contributed by atoms with Crippen molar-refractivity contribution in [1.29, 1.82) is 0 Å². The molecule has 3 N–H and O–H groups in total. The third kappa shape index (κ3) is 5.47. The van der Waals surface area contributed by atoms with Crippen LogP contribution in [0.15, 0.2) is 42.0 Å². The normalized spacial score (nSPS) is 11.7. The fraction of sp³-hybridized carbons (Fsp3) is 0.158. The molecular weight excluding hydrogens is 396 g/mol. The molecule has 2 aromatic carbocycles. The van der Waals surface area contributed by atoms with E-state index in [9.17, 15) is 27.2 Å². The van der Waals surface area contributed by atoms with Gasteiger partial charge in [-0.05, 0) is 37.3 Å². The van der Waals surface area contributed by atoms with Crippen molar-refractivity contribution < 1.29 is 37.0 Å². The first-order valence-corrected chi connectivity index (χ1v) is 8.06. The molecule has 0 aromatic heterocycles. The molecule has 6 nitrogen and oxygen atoms in total. The number of aliphatic carboxylic acids is 1. The first-order chi connectivity index (χ1) is 13.5. The molecule has 0 radical (unpaired) electrons. The van der Waals surface area contributed by atoms with Gasteiger partial charge in [-0.15, -0.1) is 0 Å². The summed E-state index contributed by atoms with van der Waals surface area (Å²) in [6.45, 7) is 1.28. The number of benzene rings is 2. The number of urea groups is 1. The summed E-state index contributed by atoms with van der Waals surface area (Å²) in [4.78, 5) is 23.3. The second-order valence-electron chi connectivity index (χ2n) is 5.83. The second-order valence-corrected chi connectivity index (χ2v) is 5.83. The van der Waals surface area contributed by atoms with Gasteiger partial charge in [-0.25, -0.2) is 14.0 Å². The molecule has 0 spiro atoms. The average Bonchev–Trinajstić information content (AvgIpc) is 2.63. The Bertz CT molecular complexity index is 971. The minimum Gasteiger partial charge on any atom is -0.495 e. The van der Waals surface area contributed by atoms with E-state index in [0.29, 0.717) is 6.07 Å². The van der Waals surface area contributed by atoms with Crippen LogP contribution in [0.25, 0.3) is 6.08 Å². The fourth-order valence-electron chi connectivity index (χ4n) is 2.34. The van der Waals surface area contributed by atoms with Crippen LogP contribution in [-0.4, -0.2) is 24.2 Å². The maximum atomic E-state index is 14.2. The Labute approximate surface area is 162 Å². The highest BCUT2D eigenvalue weighted by Crippen LogP contribution is 2.35. The molecule has 0 heterocycles. The lowest BCUT2D eigenvalue weighted by Gasteiger charge is -2.15. The second kappa shape index (κ2) is 8.63. The van der Waals surface area contributed by atoms with Gasteiger partial charge in [0.05, 0.1) is 24.0 Å². The van der Waals surface area contributed by atoms with Gasteiger partial charge in [-0.2, -0.15) is 13.2 Å². The molecule has 10 heteroatoms. The highest BCUT2D eigenvalue weighted by molar-refractivity contribution is 6.02. The predicted molar refractivity (Wildman–Crippen MR) is 98.3 cm³/mol. The minimum atomic E-state index is -4.64. The lowest BCUT2D eigenvalue weighted by molar-refractivity contribution is -0.137. The van der Waals surface area contributed by atoms with E-state index in [1.54, 1.807) is 0 Å². The summed E-state index contributed by atoms with van der Waals surface area (Å²) in [5.41, 5.74) is -1.68. The number of halogens is 4. The molecule has 0 saturated heterocycles. The van der Waals surface area contributed by atoms with Gasteiger partial charge in [0, 0.05) is 11.1 Å². The number of methoxy groups -OCH3 is 1. The number of carboxylic acid groups (broad SMARTS) is 1. The number of rotatable bonds is 5. The highest BCUT2D eigenvalue weighted by Gasteiger charge is 2.31. The van der Waals surface area contributed by atoms with Crippen LogP contribution in [0.4, 0.5) is 33.7 Å². The number of carboxylic acids is 1. The third-order valence-electron chi connectivity index (χ3n) is 3.77. The Kier molecular flexibility index (Phi) is 6.47. The first kappa shape index (κ1) is 21.7. The summed E-state index contributed by atoms with van der Waals surface area (Å²) in [5, 5.41) is 13.3. The number of carbonyl (C=O) groups is 2. The lowest BCUT2D eigenvalue weighted by atomic mass is 10.1. The van der Waals surface area contributed by atoms with E-state index in [-0.39, 0.29) is 28.3 Å². The van der Waals surface area contributed by atoms with E-state index in [0.717, 1.165) is 24.3 Å². The molecule has 2 amide bonds. The van der Waals surface area contributed by atoms with E-state index in [4.69, 9.17) is 9.84 Å². The zero-order valence-electron chi connectivity index (χ0n) is 15.2. The molecule has 0 fully saturated rings. The van der Waals surface area contributed by atoms with Gasteiger partial charge in [-0.3, -0.25) is 0 Å². The zero-order chi connectivity index (χ0) is 21.8. The van der Waals surface area contributed by atoms with E-state index in [2.05, 4.69) is 10.6 Å². The quantitative estimate of drug-likeness (QED) is 0.477. The number of ether oxygens (including phenoxy) is 1. The fourth-order valence-corrected chi connectivity index (χ4v) is 2.34. The standard InChI is InChI=1S/C19H16F4N2O4/c1-10(17(26)27)8-11-4-3-5-13(20)16(11)25-18(28)24-14-9-12(19(21,22)23)6-7-15(14)29-2/h3-9H,1-2H3,(H,26,27)(H2,24,25,28)/b10-8+. The molecule has 0 atom stereocenters. The molecule has 0 unspecified atom stereocenters.